The Hall–Kier alpha value is -1.94. The van der Waals surface area contributed by atoms with Crippen LogP contribution in [0.2, 0.25) is 0 Å². The van der Waals surface area contributed by atoms with Crippen molar-refractivity contribution in [3.05, 3.63) is 46.7 Å². The fourth-order valence-corrected chi connectivity index (χ4v) is 2.50. The zero-order valence-electron chi connectivity index (χ0n) is 10.8. The number of Topliss-reactive ketones (excluding diaryl/α,β-unsaturated/α-hetero) is 2. The van der Waals surface area contributed by atoms with E-state index in [1.807, 2.05) is 0 Å². The summed E-state index contributed by atoms with van der Waals surface area (Å²) < 4.78 is 5.31. The van der Waals surface area contributed by atoms with E-state index < -0.39 is 11.7 Å². The molecule has 2 aliphatic rings. The van der Waals surface area contributed by atoms with Gasteiger partial charge in [-0.3, -0.25) is 9.59 Å². The number of carbonyl (C=O) groups is 2. The van der Waals surface area contributed by atoms with E-state index in [2.05, 4.69) is 0 Å². The molecule has 1 atom stereocenters. The van der Waals surface area contributed by atoms with E-state index >= 15 is 0 Å². The SMILES string of the molecule is CC1(C)CC2=C(OC1O)C(=O)c1ccccc1C2=O. The van der Waals surface area contributed by atoms with E-state index in [0.29, 0.717) is 23.1 Å². The molecule has 0 spiro atoms. The molecule has 0 saturated carbocycles. The van der Waals surface area contributed by atoms with Crippen molar-refractivity contribution in [2.45, 2.75) is 26.6 Å². The van der Waals surface area contributed by atoms with Crippen molar-refractivity contribution in [1.29, 1.82) is 0 Å². The number of aliphatic hydroxyl groups excluding tert-OH is 1. The Kier molecular flexibility index (Phi) is 2.41. The average Bonchev–Trinajstić information content (AvgIpc) is 2.38. The summed E-state index contributed by atoms with van der Waals surface area (Å²) in [6, 6.07) is 6.70. The Morgan fingerprint density at radius 2 is 1.74 bits per heavy atom. The summed E-state index contributed by atoms with van der Waals surface area (Å²) in [6.45, 7) is 3.61. The Bertz CT molecular complexity index is 625. The third-order valence-electron chi connectivity index (χ3n) is 3.70. The van der Waals surface area contributed by atoms with Gasteiger partial charge in [0, 0.05) is 22.1 Å². The molecule has 98 valence electrons. The maximum absolute atomic E-state index is 12.4. The number of rotatable bonds is 0. The molecule has 4 heteroatoms. The van der Waals surface area contributed by atoms with Crippen LogP contribution in [0.1, 0.15) is 41.0 Å². The van der Waals surface area contributed by atoms with Crippen LogP contribution < -0.4 is 0 Å². The minimum absolute atomic E-state index is 0.00975. The summed E-state index contributed by atoms with van der Waals surface area (Å²) in [5.74, 6) is -0.486. The molecule has 1 heterocycles. The second kappa shape index (κ2) is 3.78. The molecule has 0 bridgehead atoms. The van der Waals surface area contributed by atoms with Gasteiger partial charge in [0.2, 0.25) is 12.1 Å². The number of ether oxygens (including phenoxy) is 1. The van der Waals surface area contributed by atoms with Crippen molar-refractivity contribution < 1.29 is 19.4 Å². The highest BCUT2D eigenvalue weighted by atomic mass is 16.6. The minimum Gasteiger partial charge on any atom is -0.460 e. The molecule has 0 amide bonds. The maximum atomic E-state index is 12.4. The van der Waals surface area contributed by atoms with Crippen molar-refractivity contribution in [2.75, 3.05) is 0 Å². The van der Waals surface area contributed by atoms with E-state index in [1.54, 1.807) is 38.1 Å². The topological polar surface area (TPSA) is 63.6 Å². The first-order valence-corrected chi connectivity index (χ1v) is 6.18. The first-order valence-electron chi connectivity index (χ1n) is 6.18. The smallest absolute Gasteiger partial charge is 0.228 e. The monoisotopic (exact) mass is 258 g/mol. The van der Waals surface area contributed by atoms with Gasteiger partial charge in [-0.25, -0.2) is 0 Å². The normalized spacial score (nSPS) is 24.7. The average molecular weight is 258 g/mol. The zero-order chi connectivity index (χ0) is 13.8. The number of hydrogen-bond donors (Lipinski definition) is 1. The Morgan fingerprint density at radius 1 is 1.16 bits per heavy atom. The zero-order valence-corrected chi connectivity index (χ0v) is 10.8. The lowest BCUT2D eigenvalue weighted by molar-refractivity contribution is -0.146. The third kappa shape index (κ3) is 1.64. The third-order valence-corrected chi connectivity index (χ3v) is 3.70. The van der Waals surface area contributed by atoms with Gasteiger partial charge in [0.05, 0.1) is 0 Å². The van der Waals surface area contributed by atoms with Crippen LogP contribution in [0.5, 0.6) is 0 Å². The first-order chi connectivity index (χ1) is 8.92. The number of aliphatic hydroxyl groups is 1. The Balaban J connectivity index is 2.16. The van der Waals surface area contributed by atoms with Gasteiger partial charge in [0.25, 0.3) is 0 Å². The fourth-order valence-electron chi connectivity index (χ4n) is 2.50. The summed E-state index contributed by atoms with van der Waals surface area (Å²) in [5, 5.41) is 9.91. The van der Waals surface area contributed by atoms with E-state index in [9.17, 15) is 14.7 Å². The molecular formula is C15H14O4. The van der Waals surface area contributed by atoms with Gasteiger partial charge in [-0.1, -0.05) is 38.1 Å². The van der Waals surface area contributed by atoms with Gasteiger partial charge in [0.1, 0.15) is 0 Å². The molecule has 1 aromatic carbocycles. The van der Waals surface area contributed by atoms with E-state index in [0.717, 1.165) is 0 Å². The van der Waals surface area contributed by atoms with Crippen LogP contribution in [-0.2, 0) is 4.74 Å². The van der Waals surface area contributed by atoms with Gasteiger partial charge in [-0.05, 0) is 6.42 Å². The highest BCUT2D eigenvalue weighted by molar-refractivity contribution is 6.26. The molecule has 0 radical (unpaired) electrons. The van der Waals surface area contributed by atoms with E-state index in [1.165, 1.54) is 0 Å². The summed E-state index contributed by atoms with van der Waals surface area (Å²) in [6.07, 6.45) is -0.740. The molecular weight excluding hydrogens is 244 g/mol. The Morgan fingerprint density at radius 3 is 2.37 bits per heavy atom. The molecule has 19 heavy (non-hydrogen) atoms. The first kappa shape index (κ1) is 12.1. The van der Waals surface area contributed by atoms with Crippen LogP contribution in [0.3, 0.4) is 0 Å². The van der Waals surface area contributed by atoms with Crippen LogP contribution in [0, 0.1) is 5.41 Å². The molecule has 1 N–H and O–H groups in total. The Labute approximate surface area is 110 Å². The quantitative estimate of drug-likeness (QED) is 0.774. The maximum Gasteiger partial charge on any atom is 0.228 e. The molecule has 1 aliphatic heterocycles. The molecule has 0 saturated heterocycles. The molecule has 4 nitrogen and oxygen atoms in total. The summed E-state index contributed by atoms with van der Waals surface area (Å²) >= 11 is 0. The molecule has 1 aromatic rings. The lowest BCUT2D eigenvalue weighted by atomic mass is 9.76. The van der Waals surface area contributed by atoms with Crippen molar-refractivity contribution in [3.8, 4) is 0 Å². The number of fused-ring (bicyclic) bond motifs is 1. The largest absolute Gasteiger partial charge is 0.460 e. The predicted molar refractivity (Wildman–Crippen MR) is 67.6 cm³/mol. The second-order valence-electron chi connectivity index (χ2n) is 5.65. The number of carbonyl (C=O) groups excluding carboxylic acids is 2. The highest BCUT2D eigenvalue weighted by Crippen LogP contribution is 2.41. The van der Waals surface area contributed by atoms with Crippen LogP contribution >= 0.6 is 0 Å². The van der Waals surface area contributed by atoms with Gasteiger partial charge in [0.15, 0.2) is 11.5 Å². The second-order valence-corrected chi connectivity index (χ2v) is 5.65. The summed E-state index contributed by atoms with van der Waals surface area (Å²) in [7, 11) is 0. The van der Waals surface area contributed by atoms with Crippen molar-refractivity contribution in [1.82, 2.24) is 0 Å². The molecule has 3 rings (SSSR count). The van der Waals surface area contributed by atoms with Crippen LogP contribution in [0.15, 0.2) is 35.6 Å². The standard InChI is InChI=1S/C15H14O4/c1-15(2)7-10-11(16)8-5-3-4-6-9(8)12(17)13(10)19-14(15)18/h3-6,14,18H,7H2,1-2H3. The number of hydrogen-bond acceptors (Lipinski definition) is 4. The highest BCUT2D eigenvalue weighted by Gasteiger charge is 2.44. The predicted octanol–water partition coefficient (Wildman–Crippen LogP) is 2.08. The fraction of sp³-hybridized carbons (Fsp3) is 0.333. The van der Waals surface area contributed by atoms with Gasteiger partial charge >= 0.3 is 0 Å². The van der Waals surface area contributed by atoms with Gasteiger partial charge in [-0.15, -0.1) is 0 Å². The van der Waals surface area contributed by atoms with Gasteiger partial charge < -0.3 is 9.84 Å². The molecule has 0 aromatic heterocycles. The van der Waals surface area contributed by atoms with Crippen molar-refractivity contribution in [3.63, 3.8) is 0 Å². The van der Waals surface area contributed by atoms with Gasteiger partial charge in [-0.2, -0.15) is 0 Å². The summed E-state index contributed by atoms with van der Waals surface area (Å²) in [5.41, 5.74) is 0.556. The summed E-state index contributed by atoms with van der Waals surface area (Å²) in [4.78, 5) is 24.7. The number of ketones is 2. The van der Waals surface area contributed by atoms with Crippen LogP contribution in [0.25, 0.3) is 0 Å². The number of allylic oxidation sites excluding steroid dienone is 2. The van der Waals surface area contributed by atoms with E-state index in [-0.39, 0.29) is 17.3 Å². The van der Waals surface area contributed by atoms with Crippen LogP contribution in [-0.4, -0.2) is 23.0 Å². The van der Waals surface area contributed by atoms with Crippen molar-refractivity contribution >= 4 is 11.6 Å². The molecule has 0 fully saturated rings. The lowest BCUT2D eigenvalue weighted by Gasteiger charge is -2.38. The minimum atomic E-state index is -1.08. The van der Waals surface area contributed by atoms with Crippen molar-refractivity contribution in [2.24, 2.45) is 5.41 Å². The van der Waals surface area contributed by atoms with Crippen LogP contribution in [0.4, 0.5) is 0 Å². The molecule has 1 aliphatic carbocycles. The lowest BCUT2D eigenvalue weighted by Crippen LogP contribution is -2.41. The number of benzene rings is 1. The molecule has 1 unspecified atom stereocenters. The van der Waals surface area contributed by atoms with E-state index in [4.69, 9.17) is 4.74 Å².